The first-order valence-electron chi connectivity index (χ1n) is 7.13. The van der Waals surface area contributed by atoms with Crippen LogP contribution in [-0.2, 0) is 0 Å². The Morgan fingerprint density at radius 3 is 2.14 bits per heavy atom. The van der Waals surface area contributed by atoms with Crippen molar-refractivity contribution in [3.05, 3.63) is 60.2 Å². The normalized spacial score (nSPS) is 15.0. The Kier molecular flexibility index (Phi) is 4.06. The molecule has 1 aliphatic rings. The molecule has 0 atom stereocenters. The first-order chi connectivity index (χ1) is 10.3. The average molecular weight is 298 g/mol. The van der Waals surface area contributed by atoms with Crippen LogP contribution in [0.15, 0.2) is 54.6 Å². The number of phenols is 1. The molecule has 4 heteroatoms. The molecule has 0 unspecified atom stereocenters. The number of aromatic hydroxyl groups is 1. The quantitative estimate of drug-likeness (QED) is 0.863. The molecule has 0 amide bonds. The van der Waals surface area contributed by atoms with Crippen molar-refractivity contribution < 1.29 is 5.11 Å². The maximum atomic E-state index is 9.92. The van der Waals surface area contributed by atoms with E-state index in [4.69, 9.17) is 12.2 Å². The van der Waals surface area contributed by atoms with E-state index in [0.29, 0.717) is 0 Å². The summed E-state index contributed by atoms with van der Waals surface area (Å²) < 4.78 is 0. The van der Waals surface area contributed by atoms with Gasteiger partial charge in [-0.2, -0.15) is 0 Å². The van der Waals surface area contributed by atoms with Crippen LogP contribution in [0.4, 0.5) is 5.69 Å². The molecule has 0 aliphatic carbocycles. The topological polar surface area (TPSA) is 26.7 Å². The highest BCUT2D eigenvalue weighted by Crippen LogP contribution is 2.21. The van der Waals surface area contributed by atoms with Gasteiger partial charge in [0.25, 0.3) is 0 Å². The fourth-order valence-corrected chi connectivity index (χ4v) is 2.99. The minimum absolute atomic E-state index is 0.257. The zero-order chi connectivity index (χ0) is 14.7. The van der Waals surface area contributed by atoms with Gasteiger partial charge in [0.2, 0.25) is 0 Å². The molecule has 0 saturated carbocycles. The van der Waals surface area contributed by atoms with E-state index in [1.165, 1.54) is 5.69 Å². The minimum Gasteiger partial charge on any atom is -0.507 e. The van der Waals surface area contributed by atoms with Crippen LogP contribution < -0.4 is 4.90 Å². The van der Waals surface area contributed by atoms with Crippen molar-refractivity contribution in [1.82, 2.24) is 4.90 Å². The van der Waals surface area contributed by atoms with E-state index in [1.54, 1.807) is 6.07 Å². The number of para-hydroxylation sites is 2. The Balaban J connectivity index is 1.66. The van der Waals surface area contributed by atoms with Gasteiger partial charge >= 0.3 is 0 Å². The van der Waals surface area contributed by atoms with Gasteiger partial charge in [0.15, 0.2) is 0 Å². The van der Waals surface area contributed by atoms with Gasteiger partial charge in [-0.1, -0.05) is 42.5 Å². The zero-order valence-corrected chi connectivity index (χ0v) is 12.6. The molecule has 0 spiro atoms. The SMILES string of the molecule is Oc1ccccc1C(=S)N1CCN(c2ccccc2)CC1. The Labute approximate surface area is 130 Å². The fraction of sp³-hybridized carbons (Fsp3) is 0.235. The molecule has 0 bridgehead atoms. The number of nitrogens with zero attached hydrogens (tertiary/aromatic N) is 2. The second-order valence-corrected chi connectivity index (χ2v) is 5.52. The monoisotopic (exact) mass is 298 g/mol. The smallest absolute Gasteiger partial charge is 0.125 e. The lowest BCUT2D eigenvalue weighted by molar-refractivity contribution is 0.390. The first kappa shape index (κ1) is 13.9. The van der Waals surface area contributed by atoms with Crippen LogP contribution >= 0.6 is 12.2 Å². The van der Waals surface area contributed by atoms with E-state index in [9.17, 15) is 5.11 Å². The van der Waals surface area contributed by atoms with Crippen LogP contribution in [0.5, 0.6) is 5.75 Å². The number of hydrogen-bond acceptors (Lipinski definition) is 3. The number of hydrogen-bond donors (Lipinski definition) is 1. The summed E-state index contributed by atoms with van der Waals surface area (Å²) in [5.74, 6) is 0.257. The lowest BCUT2D eigenvalue weighted by Gasteiger charge is -2.37. The molecular weight excluding hydrogens is 280 g/mol. The second-order valence-electron chi connectivity index (χ2n) is 5.13. The molecule has 1 aliphatic heterocycles. The summed E-state index contributed by atoms with van der Waals surface area (Å²) in [5, 5.41) is 9.92. The number of rotatable bonds is 2. The van der Waals surface area contributed by atoms with Crippen molar-refractivity contribution >= 4 is 22.9 Å². The molecule has 1 N–H and O–H groups in total. The Bertz CT molecular complexity index is 622. The highest BCUT2D eigenvalue weighted by atomic mass is 32.1. The summed E-state index contributed by atoms with van der Waals surface area (Å²) in [6.45, 7) is 3.64. The molecule has 21 heavy (non-hydrogen) atoms. The van der Waals surface area contributed by atoms with Crippen LogP contribution in [0.25, 0.3) is 0 Å². The summed E-state index contributed by atoms with van der Waals surface area (Å²) in [5.41, 5.74) is 2.01. The number of phenolic OH excluding ortho intramolecular Hbond substituents is 1. The Morgan fingerprint density at radius 2 is 1.48 bits per heavy atom. The van der Waals surface area contributed by atoms with Crippen LogP contribution in [0, 0.1) is 0 Å². The van der Waals surface area contributed by atoms with Crippen molar-refractivity contribution in [2.75, 3.05) is 31.1 Å². The molecule has 1 fully saturated rings. The molecule has 3 nitrogen and oxygen atoms in total. The van der Waals surface area contributed by atoms with Gasteiger partial charge in [0, 0.05) is 31.9 Å². The second kappa shape index (κ2) is 6.14. The molecule has 1 heterocycles. The predicted octanol–water partition coefficient (Wildman–Crippen LogP) is 2.89. The molecule has 2 aromatic rings. The molecule has 2 aromatic carbocycles. The molecule has 3 rings (SSSR count). The highest BCUT2D eigenvalue weighted by molar-refractivity contribution is 7.80. The van der Waals surface area contributed by atoms with Crippen molar-refractivity contribution in [3.63, 3.8) is 0 Å². The first-order valence-corrected chi connectivity index (χ1v) is 7.54. The summed E-state index contributed by atoms with van der Waals surface area (Å²) in [6.07, 6.45) is 0. The number of thiocarbonyl (C=S) groups is 1. The third kappa shape index (κ3) is 3.00. The fourth-order valence-electron chi connectivity index (χ4n) is 2.63. The van der Waals surface area contributed by atoms with E-state index in [2.05, 4.69) is 34.1 Å². The van der Waals surface area contributed by atoms with Crippen LogP contribution in [0.1, 0.15) is 5.56 Å². The predicted molar refractivity (Wildman–Crippen MR) is 90.0 cm³/mol. The van der Waals surface area contributed by atoms with Gasteiger partial charge in [-0.05, 0) is 24.3 Å². The molecule has 108 valence electrons. The maximum absolute atomic E-state index is 9.92. The molecule has 1 saturated heterocycles. The standard InChI is InChI=1S/C17H18N2OS/c20-16-9-5-4-8-15(16)17(21)19-12-10-18(11-13-19)14-6-2-1-3-7-14/h1-9,20H,10-13H2. The summed E-state index contributed by atoms with van der Waals surface area (Å²) in [4.78, 5) is 5.27. The van der Waals surface area contributed by atoms with Gasteiger partial charge in [-0.15, -0.1) is 0 Å². The lowest BCUT2D eigenvalue weighted by Crippen LogP contribution is -2.48. The number of piperazine rings is 1. The Hall–Kier alpha value is -2.07. The molecule has 0 aromatic heterocycles. The lowest BCUT2D eigenvalue weighted by atomic mass is 10.1. The summed E-state index contributed by atoms with van der Waals surface area (Å²) >= 11 is 5.53. The van der Waals surface area contributed by atoms with Gasteiger partial charge in [-0.25, -0.2) is 0 Å². The van der Waals surface area contributed by atoms with Crippen molar-refractivity contribution in [1.29, 1.82) is 0 Å². The van der Waals surface area contributed by atoms with Gasteiger partial charge in [-0.3, -0.25) is 0 Å². The maximum Gasteiger partial charge on any atom is 0.125 e. The largest absolute Gasteiger partial charge is 0.507 e. The van der Waals surface area contributed by atoms with Crippen LogP contribution in [-0.4, -0.2) is 41.2 Å². The van der Waals surface area contributed by atoms with Crippen molar-refractivity contribution in [2.45, 2.75) is 0 Å². The van der Waals surface area contributed by atoms with Crippen molar-refractivity contribution in [3.8, 4) is 5.75 Å². The van der Waals surface area contributed by atoms with Gasteiger partial charge in [0.05, 0.1) is 5.56 Å². The van der Waals surface area contributed by atoms with E-state index < -0.39 is 0 Å². The summed E-state index contributed by atoms with van der Waals surface area (Å²) in [6, 6.07) is 17.7. The highest BCUT2D eigenvalue weighted by Gasteiger charge is 2.21. The zero-order valence-electron chi connectivity index (χ0n) is 11.8. The molecule has 0 radical (unpaired) electrons. The van der Waals surface area contributed by atoms with E-state index in [0.717, 1.165) is 36.7 Å². The van der Waals surface area contributed by atoms with Crippen molar-refractivity contribution in [2.24, 2.45) is 0 Å². The van der Waals surface area contributed by atoms with Crippen LogP contribution in [0.3, 0.4) is 0 Å². The Morgan fingerprint density at radius 1 is 0.857 bits per heavy atom. The van der Waals surface area contributed by atoms with Gasteiger partial charge in [0.1, 0.15) is 10.7 Å². The average Bonchev–Trinajstić information content (AvgIpc) is 2.56. The van der Waals surface area contributed by atoms with E-state index in [-0.39, 0.29) is 5.75 Å². The van der Waals surface area contributed by atoms with E-state index >= 15 is 0 Å². The summed E-state index contributed by atoms with van der Waals surface area (Å²) in [7, 11) is 0. The van der Waals surface area contributed by atoms with E-state index in [1.807, 2.05) is 24.3 Å². The van der Waals surface area contributed by atoms with Gasteiger partial charge < -0.3 is 14.9 Å². The van der Waals surface area contributed by atoms with Crippen LogP contribution in [0.2, 0.25) is 0 Å². The third-order valence-corrected chi connectivity index (χ3v) is 4.30. The number of benzene rings is 2. The number of anilines is 1. The third-order valence-electron chi connectivity index (χ3n) is 3.82. The minimum atomic E-state index is 0.257. The molecular formula is C17H18N2OS.